The number of hydrogen-bond acceptors (Lipinski definition) is 5. The Morgan fingerprint density at radius 3 is 2.18 bits per heavy atom. The maximum atomic E-state index is 12.2. The molecule has 0 bridgehead atoms. The molecule has 1 rings (SSSR count). The summed E-state index contributed by atoms with van der Waals surface area (Å²) in [4.78, 5) is 23.6. The Hall–Kier alpha value is -1.48. The topological polar surface area (TPSA) is 98.7 Å². The van der Waals surface area contributed by atoms with Gasteiger partial charge in [-0.2, -0.15) is 0 Å². The fourth-order valence-electron chi connectivity index (χ4n) is 2.92. The van der Waals surface area contributed by atoms with Gasteiger partial charge in [0.15, 0.2) is 0 Å². The number of nitrogens with one attached hydrogen (secondary N) is 1. The van der Waals surface area contributed by atoms with Crippen molar-refractivity contribution in [3.05, 3.63) is 35.9 Å². The monoisotopic (exact) mass is 385 g/mol. The minimum Gasteiger partial charge on any atom is -0.550 e. The standard InChI is InChI=1S/C21H33NO5.Li/c1-14(2)11-16(19(24)25)13-18(23)17(12-15-9-7-6-8-10-15)22-20(26)27-21(3,4)5;/h6-10,14,16-18,23H,11-13H2,1-5H3,(H,22,26)(H,24,25);/q;+1/p-1/t16-,17+,18-;/m1./s1. The van der Waals surface area contributed by atoms with Gasteiger partial charge in [0.2, 0.25) is 0 Å². The number of benzene rings is 1. The van der Waals surface area contributed by atoms with Crippen LogP contribution in [-0.2, 0) is 16.0 Å². The van der Waals surface area contributed by atoms with Crippen molar-refractivity contribution in [1.82, 2.24) is 5.32 Å². The molecule has 152 valence electrons. The van der Waals surface area contributed by atoms with Crippen LogP contribution in [0.4, 0.5) is 4.79 Å². The van der Waals surface area contributed by atoms with Crippen molar-refractivity contribution in [2.24, 2.45) is 11.8 Å². The molecule has 0 aliphatic heterocycles. The summed E-state index contributed by atoms with van der Waals surface area (Å²) >= 11 is 0. The van der Waals surface area contributed by atoms with Gasteiger partial charge in [-0.25, -0.2) is 4.79 Å². The summed E-state index contributed by atoms with van der Waals surface area (Å²) in [6.45, 7) is 9.10. The van der Waals surface area contributed by atoms with Crippen LogP contribution in [0.2, 0.25) is 0 Å². The Morgan fingerprint density at radius 1 is 1.14 bits per heavy atom. The van der Waals surface area contributed by atoms with E-state index in [9.17, 15) is 19.8 Å². The molecule has 3 atom stereocenters. The molecule has 1 aromatic carbocycles. The van der Waals surface area contributed by atoms with Gasteiger partial charge in [-0.05, 0) is 51.5 Å². The van der Waals surface area contributed by atoms with Crippen LogP contribution < -0.4 is 29.3 Å². The van der Waals surface area contributed by atoms with E-state index in [0.29, 0.717) is 12.8 Å². The van der Waals surface area contributed by atoms with Gasteiger partial charge in [0.1, 0.15) is 5.60 Å². The molecule has 2 N–H and O–H groups in total. The molecule has 7 heteroatoms. The van der Waals surface area contributed by atoms with E-state index in [4.69, 9.17) is 4.74 Å². The minimum absolute atomic E-state index is 0. The van der Waals surface area contributed by atoms with Crippen molar-refractivity contribution < 1.29 is 43.4 Å². The van der Waals surface area contributed by atoms with Gasteiger partial charge in [-0.15, -0.1) is 0 Å². The number of carboxylic acid groups (broad SMARTS) is 1. The summed E-state index contributed by atoms with van der Waals surface area (Å²) in [5.41, 5.74) is 0.254. The van der Waals surface area contributed by atoms with Gasteiger partial charge in [-0.1, -0.05) is 44.2 Å². The van der Waals surface area contributed by atoms with Crippen LogP contribution in [0.1, 0.15) is 53.0 Å². The van der Waals surface area contributed by atoms with Crippen molar-refractivity contribution in [1.29, 1.82) is 0 Å². The number of carbonyl (C=O) groups is 2. The van der Waals surface area contributed by atoms with Gasteiger partial charge < -0.3 is 25.1 Å². The Labute approximate surface area is 180 Å². The van der Waals surface area contributed by atoms with Crippen molar-refractivity contribution in [3.63, 3.8) is 0 Å². The third kappa shape index (κ3) is 10.7. The van der Waals surface area contributed by atoms with Crippen LogP contribution in [0.25, 0.3) is 0 Å². The Bertz CT molecular complexity index is 601. The minimum atomic E-state index is -1.18. The third-order valence-electron chi connectivity index (χ3n) is 4.08. The number of ether oxygens (including phenoxy) is 1. The third-order valence-corrected chi connectivity index (χ3v) is 4.08. The first-order valence-corrected chi connectivity index (χ1v) is 9.40. The second-order valence-electron chi connectivity index (χ2n) is 8.39. The van der Waals surface area contributed by atoms with Gasteiger partial charge in [-0.3, -0.25) is 0 Å². The number of rotatable bonds is 9. The molecule has 28 heavy (non-hydrogen) atoms. The SMILES string of the molecule is CC(C)C[C@H](C[C@@H](O)[C@H](Cc1ccccc1)NC(=O)OC(C)(C)C)C(=O)[O-].[Li+]. The van der Waals surface area contributed by atoms with E-state index in [1.54, 1.807) is 20.8 Å². The molecule has 0 heterocycles. The average Bonchev–Trinajstić information content (AvgIpc) is 2.52. The molecule has 0 saturated heterocycles. The van der Waals surface area contributed by atoms with Crippen molar-refractivity contribution in [2.75, 3.05) is 0 Å². The molecule has 0 aliphatic rings. The molecular formula is C21H32LiNO5. The molecule has 1 amide bonds. The predicted molar refractivity (Wildman–Crippen MR) is 102 cm³/mol. The van der Waals surface area contributed by atoms with Gasteiger partial charge in [0.05, 0.1) is 12.1 Å². The zero-order valence-corrected chi connectivity index (χ0v) is 17.9. The van der Waals surface area contributed by atoms with Crippen molar-refractivity contribution in [3.8, 4) is 0 Å². The molecule has 0 unspecified atom stereocenters. The second kappa shape index (κ2) is 12.2. The molecule has 6 nitrogen and oxygen atoms in total. The molecule has 0 spiro atoms. The van der Waals surface area contributed by atoms with Crippen molar-refractivity contribution in [2.45, 2.75) is 71.6 Å². The largest absolute Gasteiger partial charge is 1.00 e. The van der Waals surface area contributed by atoms with Crippen LogP contribution >= 0.6 is 0 Å². The van der Waals surface area contributed by atoms with Crippen LogP contribution in [0, 0.1) is 11.8 Å². The number of aliphatic carboxylic acids is 1. The van der Waals surface area contributed by atoms with E-state index in [2.05, 4.69) is 5.32 Å². The van der Waals surface area contributed by atoms with E-state index < -0.39 is 35.7 Å². The molecule has 0 radical (unpaired) electrons. The summed E-state index contributed by atoms with van der Waals surface area (Å²) in [5, 5.41) is 24.8. The summed E-state index contributed by atoms with van der Waals surface area (Å²) in [5.74, 6) is -1.80. The maximum absolute atomic E-state index is 12.2. The Morgan fingerprint density at radius 2 is 1.71 bits per heavy atom. The Kier molecular flexibility index (Phi) is 11.5. The average molecular weight is 385 g/mol. The summed E-state index contributed by atoms with van der Waals surface area (Å²) in [6.07, 6.45) is -0.906. The zero-order valence-electron chi connectivity index (χ0n) is 17.9. The van der Waals surface area contributed by atoms with Gasteiger partial charge >= 0.3 is 25.0 Å². The van der Waals surface area contributed by atoms with Crippen LogP contribution in [0.15, 0.2) is 30.3 Å². The van der Waals surface area contributed by atoms with Crippen molar-refractivity contribution >= 4 is 12.1 Å². The fraction of sp³-hybridized carbons (Fsp3) is 0.619. The van der Waals surface area contributed by atoms with E-state index in [1.807, 2.05) is 44.2 Å². The van der Waals surface area contributed by atoms with Crippen LogP contribution in [0.3, 0.4) is 0 Å². The maximum Gasteiger partial charge on any atom is 1.00 e. The molecule has 0 aliphatic carbocycles. The van der Waals surface area contributed by atoms with E-state index >= 15 is 0 Å². The first kappa shape index (κ1) is 26.5. The first-order valence-electron chi connectivity index (χ1n) is 9.40. The Balaban J connectivity index is 0.00000729. The van der Waals surface area contributed by atoms with Gasteiger partial charge in [0, 0.05) is 11.9 Å². The van der Waals surface area contributed by atoms with Gasteiger partial charge in [0.25, 0.3) is 0 Å². The smallest absolute Gasteiger partial charge is 0.550 e. The summed E-state index contributed by atoms with van der Waals surface area (Å²) in [6, 6.07) is 8.73. The summed E-state index contributed by atoms with van der Waals surface area (Å²) in [7, 11) is 0. The molecule has 0 aromatic heterocycles. The van der Waals surface area contributed by atoms with E-state index in [0.717, 1.165) is 5.56 Å². The van der Waals surface area contributed by atoms with Crippen LogP contribution in [0.5, 0.6) is 0 Å². The molecule has 0 fully saturated rings. The first-order chi connectivity index (χ1) is 12.5. The quantitative estimate of drug-likeness (QED) is 0.547. The number of alkyl carbamates (subject to hydrolysis) is 1. The fourth-order valence-corrected chi connectivity index (χ4v) is 2.92. The van der Waals surface area contributed by atoms with E-state index in [-0.39, 0.29) is 31.2 Å². The number of carbonyl (C=O) groups excluding carboxylic acids is 2. The predicted octanol–water partition coefficient (Wildman–Crippen LogP) is -0.710. The number of carboxylic acids is 1. The number of amides is 1. The number of hydrogen-bond donors (Lipinski definition) is 2. The molecular weight excluding hydrogens is 353 g/mol. The van der Waals surface area contributed by atoms with E-state index in [1.165, 1.54) is 0 Å². The normalized spacial score (nSPS) is 14.5. The second-order valence-corrected chi connectivity index (χ2v) is 8.39. The molecule has 1 aromatic rings. The van der Waals surface area contributed by atoms with Crippen LogP contribution in [-0.4, -0.2) is 34.9 Å². The number of aliphatic hydroxyl groups is 1. The summed E-state index contributed by atoms with van der Waals surface area (Å²) < 4.78 is 5.28. The number of aliphatic hydroxyl groups excluding tert-OH is 1. The zero-order chi connectivity index (χ0) is 20.6. The molecule has 0 saturated carbocycles.